The Bertz CT molecular complexity index is 389. The summed E-state index contributed by atoms with van der Waals surface area (Å²) < 4.78 is 5.58. The fraction of sp³-hybridized carbons (Fsp3) is 0.250. The first-order valence-electron chi connectivity index (χ1n) is 5.25. The van der Waals surface area contributed by atoms with E-state index in [4.69, 9.17) is 4.74 Å². The highest BCUT2D eigenvalue weighted by atomic mass is 32.2. The third-order valence-electron chi connectivity index (χ3n) is 2.01. The summed E-state index contributed by atoms with van der Waals surface area (Å²) in [5.74, 6) is 1.95. The third kappa shape index (κ3) is 3.62. The summed E-state index contributed by atoms with van der Waals surface area (Å²) in [5, 5.41) is 0.972. The first kappa shape index (κ1) is 11.1. The van der Waals surface area contributed by atoms with E-state index >= 15 is 0 Å². The monoisotopic (exact) mass is 234 g/mol. The predicted molar refractivity (Wildman–Crippen MR) is 65.9 cm³/mol. The summed E-state index contributed by atoms with van der Waals surface area (Å²) in [6, 6.07) is 9.89. The van der Waals surface area contributed by atoms with Gasteiger partial charge in [-0.2, -0.15) is 0 Å². The molecule has 2 rings (SSSR count). The molecule has 1 aromatic carbocycles. The lowest BCUT2D eigenvalue weighted by Gasteiger charge is -2.04. The van der Waals surface area contributed by atoms with E-state index in [0.29, 0.717) is 0 Å². The summed E-state index contributed by atoms with van der Waals surface area (Å²) >= 11 is 1.72. The zero-order valence-electron chi connectivity index (χ0n) is 8.93. The number of nitrogens with zero attached hydrogens (tertiary/aromatic N) is 1. The lowest BCUT2D eigenvalue weighted by atomic mass is 10.3. The molecule has 16 heavy (non-hydrogen) atoms. The molecule has 0 aliphatic heterocycles. The minimum atomic E-state index is 0.748. The maximum atomic E-state index is 5.58. The molecule has 0 fully saturated rings. The van der Waals surface area contributed by atoms with Crippen molar-refractivity contribution in [3.63, 3.8) is 0 Å². The molecule has 0 aliphatic rings. The molecular weight excluding hydrogens is 220 g/mol. The van der Waals surface area contributed by atoms with Crippen LogP contribution in [-0.4, -0.2) is 22.3 Å². The Morgan fingerprint density at radius 3 is 2.88 bits per heavy atom. The van der Waals surface area contributed by atoms with Crippen molar-refractivity contribution >= 4 is 11.8 Å². The van der Waals surface area contributed by atoms with Gasteiger partial charge in [0.05, 0.1) is 6.61 Å². The molecule has 2 aromatic rings. The maximum absolute atomic E-state index is 5.58. The Hall–Kier alpha value is -1.42. The number of hydrogen-bond acceptors (Lipinski definition) is 3. The van der Waals surface area contributed by atoms with Gasteiger partial charge in [0.25, 0.3) is 0 Å². The van der Waals surface area contributed by atoms with E-state index in [1.807, 2.05) is 36.5 Å². The van der Waals surface area contributed by atoms with E-state index in [1.54, 1.807) is 18.0 Å². The van der Waals surface area contributed by atoms with Crippen LogP contribution in [0.5, 0.6) is 5.75 Å². The molecule has 0 aliphatic carbocycles. The molecule has 0 saturated heterocycles. The highest BCUT2D eigenvalue weighted by Crippen LogP contribution is 2.13. The summed E-state index contributed by atoms with van der Waals surface area (Å²) in [6.45, 7) is 0.748. The molecule has 1 N–H and O–H groups in total. The van der Waals surface area contributed by atoms with Crippen LogP contribution in [0, 0.1) is 0 Å². The fourth-order valence-electron chi connectivity index (χ4n) is 1.26. The van der Waals surface area contributed by atoms with Crippen LogP contribution in [0.1, 0.15) is 6.42 Å². The number of aromatic nitrogens is 2. The van der Waals surface area contributed by atoms with Gasteiger partial charge in [0.15, 0.2) is 5.16 Å². The van der Waals surface area contributed by atoms with Gasteiger partial charge < -0.3 is 9.72 Å². The second kappa shape index (κ2) is 6.23. The SMILES string of the molecule is c1ccc(OCCCSc2ncc[nH]2)cc1. The summed E-state index contributed by atoms with van der Waals surface area (Å²) in [7, 11) is 0. The van der Waals surface area contributed by atoms with E-state index in [1.165, 1.54) is 0 Å². The van der Waals surface area contributed by atoms with Crippen molar-refractivity contribution in [1.29, 1.82) is 0 Å². The van der Waals surface area contributed by atoms with Crippen molar-refractivity contribution in [2.75, 3.05) is 12.4 Å². The molecular formula is C12H14N2OS. The molecule has 0 spiro atoms. The standard InChI is InChI=1S/C12H14N2OS/c1-2-5-11(6-3-1)15-9-4-10-16-12-13-7-8-14-12/h1-3,5-8H,4,9-10H2,(H,13,14). The van der Waals surface area contributed by atoms with Gasteiger partial charge in [0.1, 0.15) is 5.75 Å². The van der Waals surface area contributed by atoms with E-state index in [-0.39, 0.29) is 0 Å². The number of para-hydroxylation sites is 1. The molecule has 0 unspecified atom stereocenters. The first-order chi connectivity index (χ1) is 7.95. The Kier molecular flexibility index (Phi) is 4.31. The Balaban J connectivity index is 1.59. The molecule has 0 bridgehead atoms. The second-order valence-corrected chi connectivity index (χ2v) is 4.34. The normalized spacial score (nSPS) is 10.2. The average molecular weight is 234 g/mol. The molecule has 0 saturated carbocycles. The fourth-order valence-corrected chi connectivity index (χ4v) is 2.01. The van der Waals surface area contributed by atoms with Crippen molar-refractivity contribution in [2.24, 2.45) is 0 Å². The van der Waals surface area contributed by atoms with Gasteiger partial charge in [-0.15, -0.1) is 0 Å². The summed E-state index contributed by atoms with van der Waals surface area (Å²) in [4.78, 5) is 7.20. The van der Waals surface area contributed by atoms with E-state index in [9.17, 15) is 0 Å². The molecule has 84 valence electrons. The van der Waals surface area contributed by atoms with Crippen LogP contribution in [0.3, 0.4) is 0 Å². The number of ether oxygens (including phenoxy) is 1. The van der Waals surface area contributed by atoms with Gasteiger partial charge in [-0.25, -0.2) is 4.98 Å². The number of rotatable bonds is 6. The molecule has 0 radical (unpaired) electrons. The molecule has 0 amide bonds. The Morgan fingerprint density at radius 1 is 1.25 bits per heavy atom. The van der Waals surface area contributed by atoms with Crippen LogP contribution in [0.25, 0.3) is 0 Å². The molecule has 0 atom stereocenters. The second-order valence-electron chi connectivity index (χ2n) is 3.26. The lowest BCUT2D eigenvalue weighted by molar-refractivity contribution is 0.318. The van der Waals surface area contributed by atoms with Gasteiger partial charge in [-0.05, 0) is 18.6 Å². The quantitative estimate of drug-likeness (QED) is 0.617. The summed E-state index contributed by atoms with van der Waals surface area (Å²) in [5.41, 5.74) is 0. The topological polar surface area (TPSA) is 37.9 Å². The molecule has 4 heteroatoms. The minimum absolute atomic E-state index is 0.748. The number of imidazole rings is 1. The first-order valence-corrected chi connectivity index (χ1v) is 6.24. The number of hydrogen-bond donors (Lipinski definition) is 1. The highest BCUT2D eigenvalue weighted by molar-refractivity contribution is 7.99. The van der Waals surface area contributed by atoms with Crippen molar-refractivity contribution in [3.05, 3.63) is 42.7 Å². The van der Waals surface area contributed by atoms with Crippen LogP contribution < -0.4 is 4.74 Å². The predicted octanol–water partition coefficient (Wildman–Crippen LogP) is 2.97. The number of benzene rings is 1. The largest absolute Gasteiger partial charge is 0.494 e. The van der Waals surface area contributed by atoms with Gasteiger partial charge in [0.2, 0.25) is 0 Å². The number of nitrogens with one attached hydrogen (secondary N) is 1. The van der Waals surface area contributed by atoms with Crippen LogP contribution in [0.2, 0.25) is 0 Å². The number of thioether (sulfide) groups is 1. The molecule has 1 aromatic heterocycles. The lowest BCUT2D eigenvalue weighted by Crippen LogP contribution is -1.98. The number of aromatic amines is 1. The average Bonchev–Trinajstić information content (AvgIpc) is 2.83. The maximum Gasteiger partial charge on any atom is 0.165 e. The van der Waals surface area contributed by atoms with Crippen molar-refractivity contribution in [1.82, 2.24) is 9.97 Å². The van der Waals surface area contributed by atoms with E-state index in [0.717, 1.165) is 29.7 Å². The Labute approximate surface area is 99.2 Å². The zero-order valence-corrected chi connectivity index (χ0v) is 9.74. The zero-order chi connectivity index (χ0) is 11.1. The van der Waals surface area contributed by atoms with Gasteiger partial charge in [0, 0.05) is 18.1 Å². The van der Waals surface area contributed by atoms with E-state index < -0.39 is 0 Å². The van der Waals surface area contributed by atoms with Crippen molar-refractivity contribution < 1.29 is 4.74 Å². The van der Waals surface area contributed by atoms with Crippen LogP contribution in [0.4, 0.5) is 0 Å². The number of H-pyrrole nitrogens is 1. The molecule has 3 nitrogen and oxygen atoms in total. The van der Waals surface area contributed by atoms with Crippen molar-refractivity contribution in [2.45, 2.75) is 11.6 Å². The van der Waals surface area contributed by atoms with E-state index in [2.05, 4.69) is 9.97 Å². The van der Waals surface area contributed by atoms with Gasteiger partial charge >= 0.3 is 0 Å². The smallest absolute Gasteiger partial charge is 0.165 e. The van der Waals surface area contributed by atoms with Crippen LogP contribution in [0.15, 0.2) is 47.9 Å². The van der Waals surface area contributed by atoms with Crippen molar-refractivity contribution in [3.8, 4) is 5.75 Å². The minimum Gasteiger partial charge on any atom is -0.494 e. The Morgan fingerprint density at radius 2 is 2.12 bits per heavy atom. The summed E-state index contributed by atoms with van der Waals surface area (Å²) in [6.07, 6.45) is 4.62. The van der Waals surface area contributed by atoms with Crippen LogP contribution >= 0.6 is 11.8 Å². The highest BCUT2D eigenvalue weighted by Gasteiger charge is 1.96. The van der Waals surface area contributed by atoms with Gasteiger partial charge in [-0.1, -0.05) is 30.0 Å². The molecule has 1 heterocycles. The van der Waals surface area contributed by atoms with Gasteiger partial charge in [-0.3, -0.25) is 0 Å². The van der Waals surface area contributed by atoms with Crippen LogP contribution in [-0.2, 0) is 0 Å². The third-order valence-corrected chi connectivity index (χ3v) is 3.00.